The molecular formula is C11H15N3O3. The Bertz CT molecular complexity index is 412. The number of amides is 1. The van der Waals surface area contributed by atoms with Crippen LogP contribution >= 0.6 is 0 Å². The highest BCUT2D eigenvalue weighted by Crippen LogP contribution is 2.16. The van der Waals surface area contributed by atoms with Gasteiger partial charge in [-0.3, -0.25) is 9.59 Å². The van der Waals surface area contributed by atoms with E-state index in [2.05, 4.69) is 9.97 Å². The third kappa shape index (κ3) is 3.51. The lowest BCUT2D eigenvalue weighted by Crippen LogP contribution is -2.48. The first-order valence-electron chi connectivity index (χ1n) is 5.11. The summed E-state index contributed by atoms with van der Waals surface area (Å²) in [7, 11) is 0. The van der Waals surface area contributed by atoms with Crippen LogP contribution in [0.2, 0.25) is 0 Å². The Hall–Kier alpha value is -1.98. The zero-order valence-corrected chi connectivity index (χ0v) is 10.0. The third-order valence-corrected chi connectivity index (χ3v) is 2.16. The lowest BCUT2D eigenvalue weighted by Gasteiger charge is -2.34. The van der Waals surface area contributed by atoms with E-state index in [0.717, 1.165) is 0 Å². The van der Waals surface area contributed by atoms with E-state index in [-0.39, 0.29) is 18.0 Å². The number of carbonyl (C=O) groups excluding carboxylic acids is 1. The van der Waals surface area contributed by atoms with Crippen LogP contribution in [0.15, 0.2) is 18.7 Å². The summed E-state index contributed by atoms with van der Waals surface area (Å²) < 4.78 is 0. The molecule has 0 fully saturated rings. The van der Waals surface area contributed by atoms with Gasteiger partial charge in [-0.15, -0.1) is 0 Å². The third-order valence-electron chi connectivity index (χ3n) is 2.16. The molecule has 1 rings (SSSR count). The lowest BCUT2D eigenvalue weighted by molar-refractivity contribution is -0.138. The summed E-state index contributed by atoms with van der Waals surface area (Å²) in [6, 6.07) is 0. The van der Waals surface area contributed by atoms with Crippen LogP contribution in [0.25, 0.3) is 0 Å². The van der Waals surface area contributed by atoms with Crippen LogP contribution in [0.1, 0.15) is 31.1 Å². The number of carboxylic acids is 1. The van der Waals surface area contributed by atoms with Gasteiger partial charge >= 0.3 is 5.97 Å². The Labute approximate surface area is 99.3 Å². The maximum absolute atomic E-state index is 12.1. The predicted molar refractivity (Wildman–Crippen MR) is 60.5 cm³/mol. The van der Waals surface area contributed by atoms with Crippen molar-refractivity contribution in [1.29, 1.82) is 0 Å². The molecule has 0 unspecified atom stereocenters. The first kappa shape index (κ1) is 13.1. The Morgan fingerprint density at radius 2 is 1.82 bits per heavy atom. The SMILES string of the molecule is CC(C)(C)N(CC(=O)O)C(=O)c1cncnc1. The minimum Gasteiger partial charge on any atom is -0.480 e. The summed E-state index contributed by atoms with van der Waals surface area (Å²) in [5, 5.41) is 8.82. The van der Waals surface area contributed by atoms with Gasteiger partial charge in [0.05, 0.1) is 5.56 Å². The number of carboxylic acid groups (broad SMARTS) is 1. The van der Waals surface area contributed by atoms with Crippen LogP contribution in [0, 0.1) is 0 Å². The molecule has 0 aromatic carbocycles. The molecular weight excluding hydrogens is 222 g/mol. The van der Waals surface area contributed by atoms with Crippen LogP contribution in [0.4, 0.5) is 0 Å². The summed E-state index contributed by atoms with van der Waals surface area (Å²) in [5.41, 5.74) is -0.297. The second-order valence-corrected chi connectivity index (χ2v) is 4.58. The van der Waals surface area contributed by atoms with Gasteiger partial charge in [0.2, 0.25) is 0 Å². The Balaban J connectivity index is 3.00. The number of carbonyl (C=O) groups is 2. The van der Waals surface area contributed by atoms with Gasteiger partial charge < -0.3 is 10.0 Å². The molecule has 1 N–H and O–H groups in total. The van der Waals surface area contributed by atoms with E-state index in [4.69, 9.17) is 5.11 Å². The van der Waals surface area contributed by atoms with Crippen LogP contribution in [-0.2, 0) is 4.79 Å². The van der Waals surface area contributed by atoms with Crippen molar-refractivity contribution in [2.45, 2.75) is 26.3 Å². The van der Waals surface area contributed by atoms with Crippen molar-refractivity contribution in [1.82, 2.24) is 14.9 Å². The number of nitrogens with zero attached hydrogens (tertiary/aromatic N) is 3. The fraction of sp³-hybridized carbons (Fsp3) is 0.455. The van der Waals surface area contributed by atoms with Crippen molar-refractivity contribution in [2.75, 3.05) is 6.54 Å². The second kappa shape index (κ2) is 4.90. The van der Waals surface area contributed by atoms with Gasteiger partial charge in [-0.05, 0) is 20.8 Å². The molecule has 1 heterocycles. The molecule has 0 spiro atoms. The van der Waals surface area contributed by atoms with E-state index >= 15 is 0 Å². The van der Waals surface area contributed by atoms with Crippen LogP contribution < -0.4 is 0 Å². The fourth-order valence-corrected chi connectivity index (χ4v) is 1.31. The topological polar surface area (TPSA) is 83.4 Å². The zero-order chi connectivity index (χ0) is 13.1. The number of aromatic nitrogens is 2. The maximum atomic E-state index is 12.1. The minimum atomic E-state index is -1.05. The molecule has 6 heteroatoms. The highest BCUT2D eigenvalue weighted by molar-refractivity contribution is 5.95. The van der Waals surface area contributed by atoms with Crippen molar-refractivity contribution in [3.63, 3.8) is 0 Å². The van der Waals surface area contributed by atoms with Crippen molar-refractivity contribution in [3.8, 4) is 0 Å². The molecule has 0 radical (unpaired) electrons. The van der Waals surface area contributed by atoms with Gasteiger partial charge in [-0.2, -0.15) is 0 Å². The maximum Gasteiger partial charge on any atom is 0.323 e. The lowest BCUT2D eigenvalue weighted by atomic mass is 10.0. The first-order chi connectivity index (χ1) is 7.82. The van der Waals surface area contributed by atoms with Crippen LogP contribution in [-0.4, -0.2) is 43.9 Å². The Kier molecular flexibility index (Phi) is 3.77. The highest BCUT2D eigenvalue weighted by atomic mass is 16.4. The first-order valence-corrected chi connectivity index (χ1v) is 5.11. The van der Waals surface area contributed by atoms with Gasteiger partial charge in [-0.1, -0.05) is 0 Å². The summed E-state index contributed by atoms with van der Waals surface area (Å²) in [6.45, 7) is 4.98. The molecule has 1 aromatic rings. The fourth-order valence-electron chi connectivity index (χ4n) is 1.31. The van der Waals surface area contributed by atoms with Crippen molar-refractivity contribution >= 4 is 11.9 Å². The van der Waals surface area contributed by atoms with Crippen molar-refractivity contribution in [3.05, 3.63) is 24.3 Å². The Morgan fingerprint density at radius 3 is 2.24 bits per heavy atom. The molecule has 0 bridgehead atoms. The minimum absolute atomic E-state index is 0.281. The number of rotatable bonds is 3. The van der Waals surface area contributed by atoms with Gasteiger partial charge in [0.25, 0.3) is 5.91 Å². The van der Waals surface area contributed by atoms with Crippen molar-refractivity contribution in [2.24, 2.45) is 0 Å². The second-order valence-electron chi connectivity index (χ2n) is 4.58. The van der Waals surface area contributed by atoms with E-state index in [9.17, 15) is 9.59 Å². The zero-order valence-electron chi connectivity index (χ0n) is 10.0. The molecule has 92 valence electrons. The number of hydrogen-bond donors (Lipinski definition) is 1. The summed E-state index contributed by atoms with van der Waals surface area (Å²) >= 11 is 0. The molecule has 0 aliphatic heterocycles. The monoisotopic (exact) mass is 237 g/mol. The molecule has 6 nitrogen and oxygen atoms in total. The standard InChI is InChI=1S/C11H15N3O3/c1-11(2,3)14(6-9(15)16)10(17)8-4-12-7-13-5-8/h4-5,7H,6H2,1-3H3,(H,15,16). The smallest absolute Gasteiger partial charge is 0.323 e. The van der Waals surface area contributed by atoms with Gasteiger partial charge in [0, 0.05) is 17.9 Å². The largest absolute Gasteiger partial charge is 0.480 e. The molecule has 1 aromatic heterocycles. The molecule has 0 saturated heterocycles. The predicted octanol–water partition coefficient (Wildman–Crippen LogP) is 0.802. The normalized spacial score (nSPS) is 11.0. The molecule has 17 heavy (non-hydrogen) atoms. The number of aliphatic carboxylic acids is 1. The summed E-state index contributed by atoms with van der Waals surface area (Å²) in [6.07, 6.45) is 4.06. The Morgan fingerprint density at radius 1 is 1.29 bits per heavy atom. The van der Waals surface area contributed by atoms with E-state index in [0.29, 0.717) is 0 Å². The van der Waals surface area contributed by atoms with Gasteiger partial charge in [0.1, 0.15) is 12.9 Å². The quantitative estimate of drug-likeness (QED) is 0.840. The molecule has 0 atom stereocenters. The molecule has 0 saturated carbocycles. The van der Waals surface area contributed by atoms with E-state index in [1.165, 1.54) is 23.6 Å². The van der Waals surface area contributed by atoms with Crippen LogP contribution in [0.3, 0.4) is 0 Å². The highest BCUT2D eigenvalue weighted by Gasteiger charge is 2.29. The molecule has 1 amide bonds. The summed E-state index contributed by atoms with van der Waals surface area (Å²) in [5.74, 6) is -1.44. The average molecular weight is 237 g/mol. The van der Waals surface area contributed by atoms with Crippen molar-refractivity contribution < 1.29 is 14.7 Å². The molecule has 0 aliphatic carbocycles. The molecule has 0 aliphatic rings. The van der Waals surface area contributed by atoms with Gasteiger partial charge in [-0.25, -0.2) is 9.97 Å². The number of hydrogen-bond acceptors (Lipinski definition) is 4. The van der Waals surface area contributed by atoms with E-state index < -0.39 is 11.5 Å². The van der Waals surface area contributed by atoms with E-state index in [1.54, 1.807) is 20.8 Å². The average Bonchev–Trinajstić information content (AvgIpc) is 2.24. The van der Waals surface area contributed by atoms with Gasteiger partial charge in [0.15, 0.2) is 0 Å². The van der Waals surface area contributed by atoms with E-state index in [1.807, 2.05) is 0 Å². The van der Waals surface area contributed by atoms with Crippen LogP contribution in [0.5, 0.6) is 0 Å². The summed E-state index contributed by atoms with van der Waals surface area (Å²) in [4.78, 5) is 31.6.